The van der Waals surface area contributed by atoms with Crippen molar-refractivity contribution in [1.82, 2.24) is 10.2 Å². The van der Waals surface area contributed by atoms with Crippen LogP contribution in [0.5, 0.6) is 0 Å². The van der Waals surface area contributed by atoms with Gasteiger partial charge in [-0.2, -0.15) is 0 Å². The van der Waals surface area contributed by atoms with Crippen LogP contribution >= 0.6 is 0 Å². The molecule has 81 valence electrons. The molecule has 0 heterocycles. The summed E-state index contributed by atoms with van der Waals surface area (Å²) in [5.41, 5.74) is -1.87. The first kappa shape index (κ1) is 12.9. The normalized spacial score (nSPS) is 13.1. The minimum Gasteiger partial charge on any atom is -0.465 e. The summed E-state index contributed by atoms with van der Waals surface area (Å²) in [6, 6.07) is 0. The van der Waals surface area contributed by atoms with Crippen LogP contribution in [0.1, 0.15) is 0 Å². The predicted molar refractivity (Wildman–Crippen MR) is 52.7 cm³/mol. The zero-order valence-electron chi connectivity index (χ0n) is 7.97. The summed E-state index contributed by atoms with van der Waals surface area (Å²) < 4.78 is 0. The summed E-state index contributed by atoms with van der Waals surface area (Å²) in [5, 5.41) is 10.9. The molecule has 0 spiro atoms. The van der Waals surface area contributed by atoms with Gasteiger partial charge in [-0.15, -0.1) is 6.58 Å². The highest BCUT2D eigenvalue weighted by atomic mass is 16.4. The van der Waals surface area contributed by atoms with Gasteiger partial charge in [-0.25, -0.2) is 4.79 Å². The van der Waals surface area contributed by atoms with E-state index in [0.29, 0.717) is 4.90 Å². The van der Waals surface area contributed by atoms with Gasteiger partial charge < -0.3 is 10.4 Å². The van der Waals surface area contributed by atoms with E-state index in [4.69, 9.17) is 5.11 Å². The first-order chi connectivity index (χ1) is 7.07. The second kappa shape index (κ2) is 5.58. The first-order valence-corrected chi connectivity index (χ1v) is 3.93. The third kappa shape index (κ3) is 2.67. The minimum atomic E-state index is -1.87. The summed E-state index contributed by atoms with van der Waals surface area (Å²) in [5.74, 6) is 0. The second-order valence-corrected chi connectivity index (χ2v) is 2.52. The van der Waals surface area contributed by atoms with E-state index in [2.05, 4.69) is 13.2 Å². The Balaban J connectivity index is 5.21. The molecule has 0 bridgehead atoms. The number of amides is 2. The van der Waals surface area contributed by atoms with Crippen LogP contribution in [0, 0.1) is 0 Å². The second-order valence-electron chi connectivity index (χ2n) is 2.52. The molecular formula is C9H11N2O4. The number of nitrogens with one attached hydrogen (secondary N) is 1. The fraction of sp³-hybridized carbons (Fsp3) is 0.222. The van der Waals surface area contributed by atoms with Crippen LogP contribution in [-0.4, -0.2) is 41.0 Å². The lowest BCUT2D eigenvalue weighted by atomic mass is 10.1. The average molecular weight is 211 g/mol. The SMILES string of the molecule is C=CCN(C(=O)O)C([C]=O)(C=C)NC=O. The topological polar surface area (TPSA) is 86.7 Å². The zero-order chi connectivity index (χ0) is 11.9. The molecule has 6 heteroatoms. The Kier molecular flexibility index (Phi) is 4.80. The molecule has 15 heavy (non-hydrogen) atoms. The van der Waals surface area contributed by atoms with Gasteiger partial charge in [-0.3, -0.25) is 14.5 Å². The summed E-state index contributed by atoms with van der Waals surface area (Å²) in [4.78, 5) is 32.5. The van der Waals surface area contributed by atoms with Gasteiger partial charge in [0.25, 0.3) is 6.29 Å². The van der Waals surface area contributed by atoms with E-state index in [1.54, 1.807) is 0 Å². The number of hydrogen-bond donors (Lipinski definition) is 2. The fourth-order valence-corrected chi connectivity index (χ4v) is 0.965. The van der Waals surface area contributed by atoms with Crippen LogP contribution < -0.4 is 5.32 Å². The Morgan fingerprint density at radius 1 is 1.60 bits per heavy atom. The standard InChI is InChI=1S/C9H11N2O4/c1-3-5-11(8(14)15)9(4-2,6-12)10-7-13/h3-4,7H,1-2,5H2,(H,10,13)(H,14,15). The van der Waals surface area contributed by atoms with Crippen LogP contribution in [0.3, 0.4) is 0 Å². The van der Waals surface area contributed by atoms with E-state index in [9.17, 15) is 14.4 Å². The maximum atomic E-state index is 10.8. The summed E-state index contributed by atoms with van der Waals surface area (Å²) >= 11 is 0. The predicted octanol–water partition coefficient (Wildman–Crippen LogP) is -0.110. The molecule has 0 aliphatic heterocycles. The molecule has 2 N–H and O–H groups in total. The summed E-state index contributed by atoms with van der Waals surface area (Å²) in [7, 11) is 0. The van der Waals surface area contributed by atoms with Crippen LogP contribution in [0.15, 0.2) is 25.3 Å². The summed E-state index contributed by atoms with van der Waals surface area (Å²) in [6.07, 6.45) is 2.48. The first-order valence-electron chi connectivity index (χ1n) is 3.93. The lowest BCUT2D eigenvalue weighted by molar-refractivity contribution is -0.111. The average Bonchev–Trinajstić information content (AvgIpc) is 2.23. The number of rotatable bonds is 7. The molecule has 6 nitrogen and oxygen atoms in total. The van der Waals surface area contributed by atoms with E-state index in [0.717, 1.165) is 6.08 Å². The van der Waals surface area contributed by atoms with Crippen LogP contribution in [0.2, 0.25) is 0 Å². The smallest absolute Gasteiger partial charge is 0.410 e. The van der Waals surface area contributed by atoms with Gasteiger partial charge in [-0.05, 0) is 6.08 Å². The van der Waals surface area contributed by atoms with Crippen molar-refractivity contribution in [3.8, 4) is 0 Å². The van der Waals surface area contributed by atoms with Gasteiger partial charge in [0.15, 0.2) is 0 Å². The van der Waals surface area contributed by atoms with Crippen molar-refractivity contribution in [3.05, 3.63) is 25.3 Å². The molecular weight excluding hydrogens is 200 g/mol. The Morgan fingerprint density at radius 3 is 2.47 bits per heavy atom. The maximum Gasteiger partial charge on any atom is 0.410 e. The van der Waals surface area contributed by atoms with Crippen molar-refractivity contribution in [2.75, 3.05) is 6.54 Å². The molecule has 0 aliphatic carbocycles. The molecule has 0 aliphatic rings. The molecule has 0 aromatic carbocycles. The molecule has 0 rings (SSSR count). The van der Waals surface area contributed by atoms with E-state index in [-0.39, 0.29) is 13.0 Å². The molecule has 0 aromatic rings. The third-order valence-corrected chi connectivity index (χ3v) is 1.70. The van der Waals surface area contributed by atoms with E-state index in [1.165, 1.54) is 12.4 Å². The Morgan fingerprint density at radius 2 is 2.20 bits per heavy atom. The van der Waals surface area contributed by atoms with Crippen molar-refractivity contribution in [3.63, 3.8) is 0 Å². The van der Waals surface area contributed by atoms with Crippen molar-refractivity contribution in [2.45, 2.75) is 5.66 Å². The molecule has 1 radical (unpaired) electrons. The highest BCUT2D eigenvalue weighted by molar-refractivity contribution is 5.80. The zero-order valence-corrected chi connectivity index (χ0v) is 7.97. The number of nitrogens with zero attached hydrogens (tertiary/aromatic N) is 1. The van der Waals surface area contributed by atoms with Crippen molar-refractivity contribution >= 4 is 18.8 Å². The van der Waals surface area contributed by atoms with Crippen molar-refractivity contribution in [1.29, 1.82) is 0 Å². The third-order valence-electron chi connectivity index (χ3n) is 1.70. The number of hydrogen-bond acceptors (Lipinski definition) is 3. The molecule has 1 atom stereocenters. The number of carbonyl (C=O) groups is 2. The maximum absolute atomic E-state index is 10.8. The number of carbonyl (C=O) groups excluding carboxylic acids is 2. The molecule has 0 aromatic heterocycles. The lowest BCUT2D eigenvalue weighted by Gasteiger charge is -2.33. The van der Waals surface area contributed by atoms with E-state index >= 15 is 0 Å². The molecule has 0 fully saturated rings. The van der Waals surface area contributed by atoms with E-state index < -0.39 is 11.8 Å². The van der Waals surface area contributed by atoms with Gasteiger partial charge in [0.1, 0.15) is 0 Å². The Bertz CT molecular complexity index is 280. The summed E-state index contributed by atoms with van der Waals surface area (Å²) in [6.45, 7) is 6.48. The Hall–Kier alpha value is -2.11. The fourth-order valence-electron chi connectivity index (χ4n) is 0.965. The highest BCUT2D eigenvalue weighted by Crippen LogP contribution is 2.10. The Labute approximate surface area is 86.9 Å². The van der Waals surface area contributed by atoms with Crippen molar-refractivity contribution in [2.24, 2.45) is 0 Å². The minimum absolute atomic E-state index is 0.141. The van der Waals surface area contributed by atoms with Gasteiger partial charge in [0, 0.05) is 6.54 Å². The van der Waals surface area contributed by atoms with Gasteiger partial charge in [0.2, 0.25) is 12.1 Å². The van der Waals surface area contributed by atoms with Crippen LogP contribution in [0.4, 0.5) is 4.79 Å². The molecule has 1 unspecified atom stereocenters. The van der Waals surface area contributed by atoms with Crippen LogP contribution in [-0.2, 0) is 9.59 Å². The van der Waals surface area contributed by atoms with Gasteiger partial charge in [-0.1, -0.05) is 12.7 Å². The van der Waals surface area contributed by atoms with Gasteiger partial charge in [0.05, 0.1) is 0 Å². The largest absolute Gasteiger partial charge is 0.465 e. The highest BCUT2D eigenvalue weighted by Gasteiger charge is 2.37. The molecule has 2 amide bonds. The van der Waals surface area contributed by atoms with E-state index in [1.807, 2.05) is 5.32 Å². The molecule has 0 saturated heterocycles. The lowest BCUT2D eigenvalue weighted by Crippen LogP contribution is -2.60. The van der Waals surface area contributed by atoms with Gasteiger partial charge >= 0.3 is 6.09 Å². The van der Waals surface area contributed by atoms with Crippen molar-refractivity contribution < 1.29 is 19.5 Å². The quantitative estimate of drug-likeness (QED) is 0.349. The number of carboxylic acid groups (broad SMARTS) is 1. The van der Waals surface area contributed by atoms with Crippen LogP contribution in [0.25, 0.3) is 0 Å². The molecule has 0 saturated carbocycles. The monoisotopic (exact) mass is 211 g/mol.